The lowest BCUT2D eigenvalue weighted by Crippen LogP contribution is -2.18. The van der Waals surface area contributed by atoms with Gasteiger partial charge >= 0.3 is 0 Å². The maximum absolute atomic E-state index is 10.4. The highest BCUT2D eigenvalue weighted by Crippen LogP contribution is 2.06. The van der Waals surface area contributed by atoms with Crippen LogP contribution in [0.3, 0.4) is 0 Å². The zero-order valence-electron chi connectivity index (χ0n) is 5.88. The normalized spacial score (nSPS) is 15.1. The number of halogens is 1. The first-order chi connectivity index (χ1) is 4.45. The van der Waals surface area contributed by atoms with Gasteiger partial charge in [0, 0.05) is 5.38 Å². The molecule has 3 nitrogen and oxygen atoms in total. The van der Waals surface area contributed by atoms with Gasteiger partial charge < -0.3 is 0 Å². The second-order valence-corrected chi connectivity index (χ2v) is 4.51. The van der Waals surface area contributed by atoms with Gasteiger partial charge in [-0.3, -0.25) is 0 Å². The number of alkyl halides is 1. The van der Waals surface area contributed by atoms with E-state index in [1.54, 1.807) is 0 Å². The third kappa shape index (κ3) is 6.32. The second-order valence-electron chi connectivity index (χ2n) is 2.16. The summed E-state index contributed by atoms with van der Waals surface area (Å²) in [6, 6.07) is 0. The summed E-state index contributed by atoms with van der Waals surface area (Å²) < 4.78 is 20.7. The molecule has 0 amide bonds. The number of primary sulfonamides is 1. The van der Waals surface area contributed by atoms with Crippen LogP contribution in [-0.2, 0) is 10.0 Å². The van der Waals surface area contributed by atoms with Gasteiger partial charge in [-0.25, -0.2) is 13.6 Å². The van der Waals surface area contributed by atoms with Crippen LogP contribution in [0.25, 0.3) is 0 Å². The van der Waals surface area contributed by atoms with E-state index >= 15 is 0 Å². The van der Waals surface area contributed by atoms with Crippen molar-refractivity contribution in [2.45, 2.75) is 25.1 Å². The molecule has 0 aromatic carbocycles. The molecule has 0 aromatic heterocycles. The smallest absolute Gasteiger partial charge is 0.209 e. The Kier molecular flexibility index (Phi) is 4.24. The molecule has 0 saturated carbocycles. The molecule has 1 atom stereocenters. The lowest BCUT2D eigenvalue weighted by Gasteiger charge is -2.02. The minimum absolute atomic E-state index is 0.0188. The molecule has 1 unspecified atom stereocenters. The van der Waals surface area contributed by atoms with Crippen molar-refractivity contribution in [1.82, 2.24) is 0 Å². The Hall–Kier alpha value is 0.200. The fourth-order valence-electron chi connectivity index (χ4n) is 0.496. The first-order valence-corrected chi connectivity index (χ1v) is 5.25. The van der Waals surface area contributed by atoms with E-state index in [4.69, 9.17) is 16.7 Å². The quantitative estimate of drug-likeness (QED) is 0.655. The van der Waals surface area contributed by atoms with Crippen molar-refractivity contribution in [2.75, 3.05) is 5.75 Å². The summed E-state index contributed by atoms with van der Waals surface area (Å²) in [5, 5.41) is 4.68. The summed E-state index contributed by atoms with van der Waals surface area (Å²) in [5.41, 5.74) is 0. The molecular weight excluding hydrogens is 174 g/mol. The highest BCUT2D eigenvalue weighted by molar-refractivity contribution is 7.89. The molecule has 0 aliphatic rings. The summed E-state index contributed by atoms with van der Waals surface area (Å²) >= 11 is 5.65. The zero-order chi connectivity index (χ0) is 8.20. The molecule has 0 aromatic rings. The van der Waals surface area contributed by atoms with Gasteiger partial charge in [0.15, 0.2) is 0 Å². The Morgan fingerprint density at radius 2 is 2.10 bits per heavy atom. The van der Waals surface area contributed by atoms with E-state index in [1.165, 1.54) is 0 Å². The third-order valence-corrected chi connectivity index (χ3v) is 2.49. The Morgan fingerprint density at radius 1 is 1.60 bits per heavy atom. The van der Waals surface area contributed by atoms with Crippen LogP contribution < -0.4 is 5.14 Å². The van der Waals surface area contributed by atoms with Crippen LogP contribution in [-0.4, -0.2) is 19.5 Å². The molecule has 0 rings (SSSR count). The summed E-state index contributed by atoms with van der Waals surface area (Å²) in [7, 11) is -3.31. The van der Waals surface area contributed by atoms with Crippen molar-refractivity contribution in [3.63, 3.8) is 0 Å². The topological polar surface area (TPSA) is 60.2 Å². The minimum Gasteiger partial charge on any atom is -0.229 e. The fourth-order valence-corrected chi connectivity index (χ4v) is 1.35. The summed E-state index contributed by atoms with van der Waals surface area (Å²) in [6.45, 7) is 1.90. The highest BCUT2D eigenvalue weighted by Gasteiger charge is 2.07. The van der Waals surface area contributed by atoms with Crippen molar-refractivity contribution < 1.29 is 8.42 Å². The van der Waals surface area contributed by atoms with Crippen LogP contribution in [0.2, 0.25) is 0 Å². The van der Waals surface area contributed by atoms with Gasteiger partial charge in [-0.05, 0) is 12.8 Å². The summed E-state index contributed by atoms with van der Waals surface area (Å²) in [6.07, 6.45) is 1.22. The van der Waals surface area contributed by atoms with E-state index in [0.29, 0.717) is 6.42 Å². The van der Waals surface area contributed by atoms with Crippen LogP contribution in [0.5, 0.6) is 0 Å². The molecule has 0 spiro atoms. The zero-order valence-corrected chi connectivity index (χ0v) is 7.45. The van der Waals surface area contributed by atoms with E-state index in [1.807, 2.05) is 6.92 Å². The molecule has 0 saturated heterocycles. The number of rotatable bonds is 4. The number of nitrogens with two attached hydrogens (primary N) is 1. The van der Waals surface area contributed by atoms with Gasteiger partial charge in [-0.2, -0.15) is 0 Å². The molecule has 2 N–H and O–H groups in total. The van der Waals surface area contributed by atoms with Gasteiger partial charge in [0.2, 0.25) is 10.0 Å². The molecule has 0 radical (unpaired) electrons. The molecule has 0 aliphatic heterocycles. The summed E-state index contributed by atoms with van der Waals surface area (Å²) in [4.78, 5) is 0. The predicted octanol–water partition coefficient (Wildman–Crippen LogP) is 0.682. The van der Waals surface area contributed by atoms with Gasteiger partial charge in [0.25, 0.3) is 0 Å². The lowest BCUT2D eigenvalue weighted by molar-refractivity contribution is 0.593. The van der Waals surface area contributed by atoms with E-state index in [9.17, 15) is 8.42 Å². The molecular formula is C5H12ClNO2S. The molecule has 0 heterocycles. The monoisotopic (exact) mass is 185 g/mol. The maximum Gasteiger partial charge on any atom is 0.209 e. The number of hydrogen-bond donors (Lipinski definition) is 1. The fraction of sp³-hybridized carbons (Fsp3) is 1.00. The predicted molar refractivity (Wildman–Crippen MR) is 42.5 cm³/mol. The standard InChI is InChI=1S/C5H12ClNO2S/c1-2-5(6)3-4-10(7,8)9/h5H,2-4H2,1H3,(H2,7,8,9). The van der Waals surface area contributed by atoms with E-state index in [-0.39, 0.29) is 11.1 Å². The maximum atomic E-state index is 10.4. The van der Waals surface area contributed by atoms with Gasteiger partial charge in [-0.15, -0.1) is 11.6 Å². The highest BCUT2D eigenvalue weighted by atomic mass is 35.5. The summed E-state index contributed by atoms with van der Waals surface area (Å²) in [5.74, 6) is -0.0188. The van der Waals surface area contributed by atoms with E-state index in [0.717, 1.165) is 6.42 Å². The first kappa shape index (κ1) is 10.2. The average Bonchev–Trinajstić information content (AvgIpc) is 1.81. The molecule has 5 heteroatoms. The van der Waals surface area contributed by atoms with Crippen LogP contribution >= 0.6 is 11.6 Å². The SMILES string of the molecule is CCC(Cl)CCS(N)(=O)=O. The van der Waals surface area contributed by atoms with Crippen LogP contribution in [0.4, 0.5) is 0 Å². The third-order valence-electron chi connectivity index (χ3n) is 1.16. The van der Waals surface area contributed by atoms with E-state index < -0.39 is 10.0 Å². The Morgan fingerprint density at radius 3 is 2.40 bits per heavy atom. The van der Waals surface area contributed by atoms with Crippen LogP contribution in [0, 0.1) is 0 Å². The number of hydrogen-bond acceptors (Lipinski definition) is 2. The van der Waals surface area contributed by atoms with Gasteiger partial charge in [-0.1, -0.05) is 6.92 Å². The average molecular weight is 186 g/mol. The lowest BCUT2D eigenvalue weighted by atomic mass is 10.3. The van der Waals surface area contributed by atoms with E-state index in [2.05, 4.69) is 0 Å². The number of sulfonamides is 1. The second kappa shape index (κ2) is 4.16. The Bertz CT molecular complexity index is 178. The van der Waals surface area contributed by atoms with Crippen molar-refractivity contribution in [3.8, 4) is 0 Å². The first-order valence-electron chi connectivity index (χ1n) is 3.10. The molecule has 0 fully saturated rings. The Balaban J connectivity index is 3.56. The minimum atomic E-state index is -3.31. The van der Waals surface area contributed by atoms with Gasteiger partial charge in [0.1, 0.15) is 0 Å². The van der Waals surface area contributed by atoms with Gasteiger partial charge in [0.05, 0.1) is 5.75 Å². The molecule has 62 valence electrons. The van der Waals surface area contributed by atoms with Crippen molar-refractivity contribution >= 4 is 21.6 Å². The molecule has 0 bridgehead atoms. The largest absolute Gasteiger partial charge is 0.229 e. The van der Waals surface area contributed by atoms with Crippen molar-refractivity contribution in [1.29, 1.82) is 0 Å². The van der Waals surface area contributed by atoms with Crippen LogP contribution in [0.1, 0.15) is 19.8 Å². The molecule has 0 aliphatic carbocycles. The van der Waals surface area contributed by atoms with Crippen LogP contribution in [0.15, 0.2) is 0 Å². The van der Waals surface area contributed by atoms with Crippen molar-refractivity contribution in [3.05, 3.63) is 0 Å². The Labute approximate surface area is 66.6 Å². The van der Waals surface area contributed by atoms with Crippen molar-refractivity contribution in [2.24, 2.45) is 5.14 Å². The molecule has 10 heavy (non-hydrogen) atoms.